The van der Waals surface area contributed by atoms with Gasteiger partial charge in [0.05, 0.1) is 6.54 Å². The molecule has 0 aliphatic heterocycles. The molecule has 2 heterocycles. The highest BCUT2D eigenvalue weighted by molar-refractivity contribution is 5.97. The predicted molar refractivity (Wildman–Crippen MR) is 93.2 cm³/mol. The number of ketones is 1. The van der Waals surface area contributed by atoms with Crippen molar-refractivity contribution in [1.29, 1.82) is 0 Å². The Hall–Kier alpha value is -3.22. The summed E-state index contributed by atoms with van der Waals surface area (Å²) in [5.74, 6) is -0.378. The number of rotatable bonds is 5. The van der Waals surface area contributed by atoms with E-state index in [0.717, 1.165) is 17.1 Å². The van der Waals surface area contributed by atoms with Crippen LogP contribution < -0.4 is 0 Å². The zero-order valence-corrected chi connectivity index (χ0v) is 14.3. The number of carbonyl (C=O) groups is 1. The number of hydrogen-bond donors (Lipinski definition) is 0. The molecule has 0 fully saturated rings. The molecule has 0 radical (unpaired) electrons. The normalized spacial score (nSPS) is 10.8. The molecule has 25 heavy (non-hydrogen) atoms. The van der Waals surface area contributed by atoms with Crippen LogP contribution in [0.25, 0.3) is 5.69 Å². The maximum absolute atomic E-state index is 12.6. The van der Waals surface area contributed by atoms with Gasteiger partial charge in [-0.2, -0.15) is 0 Å². The third kappa shape index (κ3) is 3.21. The summed E-state index contributed by atoms with van der Waals surface area (Å²) in [6, 6.07) is 9.94. The Balaban J connectivity index is 1.89. The topological polar surface area (TPSA) is 83.0 Å². The van der Waals surface area contributed by atoms with Crippen molar-refractivity contribution in [2.45, 2.75) is 27.3 Å². The number of carbonyl (C=O) groups excluding carboxylic acids is 1. The van der Waals surface area contributed by atoms with E-state index in [2.05, 4.69) is 4.98 Å². The summed E-state index contributed by atoms with van der Waals surface area (Å²) in [6.07, 6.45) is 2.56. The van der Waals surface area contributed by atoms with Crippen molar-refractivity contribution < 1.29 is 9.72 Å². The molecule has 7 heteroatoms. The molecule has 1 aromatic carbocycles. The van der Waals surface area contributed by atoms with Gasteiger partial charge in [0.15, 0.2) is 5.78 Å². The summed E-state index contributed by atoms with van der Waals surface area (Å²) in [4.78, 5) is 26.4. The Morgan fingerprint density at radius 1 is 1.20 bits per heavy atom. The average Bonchev–Trinajstić information content (AvgIpc) is 3.13. The van der Waals surface area contributed by atoms with E-state index >= 15 is 0 Å². The van der Waals surface area contributed by atoms with E-state index < -0.39 is 4.92 Å². The number of imidazole rings is 1. The first kappa shape index (κ1) is 16.6. The van der Waals surface area contributed by atoms with Gasteiger partial charge in [0.2, 0.25) is 6.33 Å². The summed E-state index contributed by atoms with van der Waals surface area (Å²) in [6.45, 7) is 5.89. The number of Topliss-reactive ketones (excluding diaryl/α,β-unsaturated/α-hetero) is 1. The van der Waals surface area contributed by atoms with Crippen LogP contribution in [0.1, 0.15) is 27.3 Å². The van der Waals surface area contributed by atoms with Crippen LogP contribution >= 0.6 is 0 Å². The first-order valence-electron chi connectivity index (χ1n) is 7.82. The summed E-state index contributed by atoms with van der Waals surface area (Å²) in [5, 5.41) is 10.7. The van der Waals surface area contributed by atoms with E-state index in [1.165, 1.54) is 22.7 Å². The van der Waals surface area contributed by atoms with Gasteiger partial charge in [-0.15, -0.1) is 0 Å². The number of aryl methyl sites for hydroxylation is 2. The molecule has 0 bridgehead atoms. The van der Waals surface area contributed by atoms with E-state index in [9.17, 15) is 14.9 Å². The number of hydrogen-bond acceptors (Lipinski definition) is 4. The number of nitro groups is 1. The summed E-state index contributed by atoms with van der Waals surface area (Å²) in [5.41, 5.74) is 4.58. The largest absolute Gasteiger partial charge is 0.381 e. The molecule has 7 nitrogen and oxygen atoms in total. The molecular formula is C18H18N4O3. The number of nitrogens with zero attached hydrogens (tertiary/aromatic N) is 4. The highest BCUT2D eigenvalue weighted by atomic mass is 16.6. The minimum Gasteiger partial charge on any atom is -0.358 e. The van der Waals surface area contributed by atoms with E-state index in [-0.39, 0.29) is 18.1 Å². The lowest BCUT2D eigenvalue weighted by molar-refractivity contribution is -0.389. The van der Waals surface area contributed by atoms with Crippen molar-refractivity contribution in [3.63, 3.8) is 0 Å². The van der Waals surface area contributed by atoms with Crippen LogP contribution in [0.3, 0.4) is 0 Å². The van der Waals surface area contributed by atoms with Crippen molar-refractivity contribution >= 4 is 11.6 Å². The molecular weight excluding hydrogens is 320 g/mol. The highest BCUT2D eigenvalue weighted by Gasteiger charge is 2.18. The summed E-state index contributed by atoms with van der Waals surface area (Å²) >= 11 is 0. The van der Waals surface area contributed by atoms with Gasteiger partial charge < -0.3 is 19.2 Å². The minimum absolute atomic E-state index is 0.0129. The highest BCUT2D eigenvalue weighted by Crippen LogP contribution is 2.22. The van der Waals surface area contributed by atoms with Gasteiger partial charge >= 0.3 is 5.82 Å². The standard InChI is InChI=1S/C18H18N4O3/c1-12-4-6-15(7-5-12)21-13(2)8-16(14(21)3)17(23)9-20-10-18(19-11-20)22(24)25/h4-8,10-11H,9H2,1-3H3. The monoisotopic (exact) mass is 338 g/mol. The van der Waals surface area contributed by atoms with E-state index in [0.29, 0.717) is 5.56 Å². The molecule has 0 amide bonds. The smallest absolute Gasteiger partial charge is 0.358 e. The van der Waals surface area contributed by atoms with Gasteiger partial charge in [-0.1, -0.05) is 17.7 Å². The van der Waals surface area contributed by atoms with Crippen molar-refractivity contribution in [2.75, 3.05) is 0 Å². The van der Waals surface area contributed by atoms with Crippen molar-refractivity contribution in [3.05, 3.63) is 75.5 Å². The fourth-order valence-corrected chi connectivity index (χ4v) is 2.92. The molecule has 0 aliphatic rings. The molecule has 2 aromatic heterocycles. The van der Waals surface area contributed by atoms with Gasteiger partial charge in [0.1, 0.15) is 6.20 Å². The lowest BCUT2D eigenvalue weighted by Gasteiger charge is -2.10. The van der Waals surface area contributed by atoms with Crippen molar-refractivity contribution in [2.24, 2.45) is 0 Å². The Labute approximate surface area is 144 Å². The molecule has 0 spiro atoms. The van der Waals surface area contributed by atoms with Gasteiger partial charge in [-0.3, -0.25) is 4.79 Å². The van der Waals surface area contributed by atoms with Crippen LogP contribution in [0.5, 0.6) is 0 Å². The zero-order valence-electron chi connectivity index (χ0n) is 14.3. The number of aromatic nitrogens is 3. The Kier molecular flexibility index (Phi) is 4.22. The second-order valence-electron chi connectivity index (χ2n) is 6.04. The third-order valence-electron chi connectivity index (χ3n) is 4.16. The van der Waals surface area contributed by atoms with Crippen LogP contribution in [0.2, 0.25) is 0 Å². The molecule has 0 saturated carbocycles. The van der Waals surface area contributed by atoms with Crippen molar-refractivity contribution in [1.82, 2.24) is 14.1 Å². The lowest BCUT2D eigenvalue weighted by Crippen LogP contribution is -2.10. The Morgan fingerprint density at radius 3 is 2.48 bits per heavy atom. The zero-order chi connectivity index (χ0) is 18.1. The van der Waals surface area contributed by atoms with Gasteiger partial charge in [-0.05, 0) is 48.9 Å². The first-order valence-corrected chi connectivity index (χ1v) is 7.82. The maximum Gasteiger partial charge on any atom is 0.381 e. The SMILES string of the molecule is Cc1ccc(-n2c(C)cc(C(=O)Cn3cnc([N+](=O)[O-])c3)c2C)cc1. The number of benzene rings is 1. The second kappa shape index (κ2) is 6.35. The molecule has 0 atom stereocenters. The third-order valence-corrected chi connectivity index (χ3v) is 4.16. The molecule has 0 N–H and O–H groups in total. The van der Waals surface area contributed by atoms with Crippen LogP contribution in [0.15, 0.2) is 42.9 Å². The molecule has 0 saturated heterocycles. The Bertz CT molecular complexity index is 951. The van der Waals surface area contributed by atoms with Crippen LogP contribution in [-0.4, -0.2) is 24.8 Å². The average molecular weight is 338 g/mol. The molecule has 0 aliphatic carbocycles. The minimum atomic E-state index is -0.579. The van der Waals surface area contributed by atoms with Crippen LogP contribution in [-0.2, 0) is 6.54 Å². The van der Waals surface area contributed by atoms with Crippen molar-refractivity contribution in [3.8, 4) is 5.69 Å². The van der Waals surface area contributed by atoms with Gasteiger partial charge in [0.25, 0.3) is 0 Å². The van der Waals surface area contributed by atoms with E-state index in [1.54, 1.807) is 0 Å². The molecule has 0 unspecified atom stereocenters. The van der Waals surface area contributed by atoms with E-state index in [1.807, 2.05) is 55.7 Å². The molecule has 128 valence electrons. The summed E-state index contributed by atoms with van der Waals surface area (Å²) < 4.78 is 3.46. The molecule has 3 rings (SSSR count). The second-order valence-corrected chi connectivity index (χ2v) is 6.04. The molecule has 3 aromatic rings. The maximum atomic E-state index is 12.6. The fourth-order valence-electron chi connectivity index (χ4n) is 2.92. The van der Waals surface area contributed by atoms with Crippen LogP contribution in [0, 0.1) is 30.9 Å². The van der Waals surface area contributed by atoms with Crippen LogP contribution in [0.4, 0.5) is 5.82 Å². The summed E-state index contributed by atoms with van der Waals surface area (Å²) in [7, 11) is 0. The lowest BCUT2D eigenvalue weighted by atomic mass is 10.1. The first-order chi connectivity index (χ1) is 11.9. The quantitative estimate of drug-likeness (QED) is 0.405. The predicted octanol–water partition coefficient (Wildman–Crippen LogP) is 3.39. The Morgan fingerprint density at radius 2 is 1.88 bits per heavy atom. The van der Waals surface area contributed by atoms with E-state index in [4.69, 9.17) is 0 Å². The fraction of sp³-hybridized carbons (Fsp3) is 0.222. The van der Waals surface area contributed by atoms with Gasteiger partial charge in [0, 0.05) is 22.6 Å². The van der Waals surface area contributed by atoms with Gasteiger partial charge in [-0.25, -0.2) is 0 Å².